The molecule has 1 saturated heterocycles. The van der Waals surface area contributed by atoms with Gasteiger partial charge in [0, 0.05) is 30.4 Å². The van der Waals surface area contributed by atoms with E-state index >= 15 is 0 Å². The maximum atomic E-state index is 4.43. The number of nitrogens with zero attached hydrogens (tertiary/aromatic N) is 2. The van der Waals surface area contributed by atoms with Gasteiger partial charge >= 0.3 is 0 Å². The number of hydrogen-bond acceptors (Lipinski definition) is 2. The molecule has 0 N–H and O–H groups in total. The molecule has 0 atom stereocenters. The number of pyridine rings is 1. The first-order valence-electron chi connectivity index (χ1n) is 6.54. The summed E-state index contributed by atoms with van der Waals surface area (Å²) in [5.41, 5.74) is 2.46. The lowest BCUT2D eigenvalue weighted by molar-refractivity contribution is 0.726. The van der Waals surface area contributed by atoms with Crippen LogP contribution in [0.25, 0.3) is 10.9 Å². The van der Waals surface area contributed by atoms with Gasteiger partial charge in [-0.15, -0.1) is 0 Å². The Bertz CT molecular complexity index is 494. The van der Waals surface area contributed by atoms with Crippen molar-refractivity contribution in [2.75, 3.05) is 18.0 Å². The van der Waals surface area contributed by atoms with Gasteiger partial charge in [0.2, 0.25) is 0 Å². The van der Waals surface area contributed by atoms with Crippen molar-refractivity contribution < 1.29 is 0 Å². The molecule has 1 aromatic heterocycles. The number of aromatic nitrogens is 1. The zero-order valence-corrected chi connectivity index (χ0v) is 10.1. The maximum absolute atomic E-state index is 4.43. The van der Waals surface area contributed by atoms with Crippen molar-refractivity contribution in [1.82, 2.24) is 4.98 Å². The van der Waals surface area contributed by atoms with E-state index in [1.165, 1.54) is 49.8 Å². The highest BCUT2D eigenvalue weighted by molar-refractivity contribution is 5.91. The Morgan fingerprint density at radius 2 is 1.65 bits per heavy atom. The van der Waals surface area contributed by atoms with Crippen LogP contribution in [-0.4, -0.2) is 18.1 Å². The predicted molar refractivity (Wildman–Crippen MR) is 72.4 cm³/mol. The third-order valence-electron chi connectivity index (χ3n) is 3.57. The lowest BCUT2D eigenvalue weighted by Crippen LogP contribution is -2.24. The number of para-hydroxylation sites is 1. The number of hydrogen-bond donors (Lipinski definition) is 0. The molecule has 0 radical (unpaired) electrons. The van der Waals surface area contributed by atoms with Crippen LogP contribution in [0, 0.1) is 0 Å². The molecule has 2 heteroatoms. The minimum atomic E-state index is 1.11. The van der Waals surface area contributed by atoms with E-state index in [1.807, 2.05) is 6.20 Å². The fourth-order valence-corrected chi connectivity index (χ4v) is 2.67. The Balaban J connectivity index is 2.03. The van der Waals surface area contributed by atoms with Crippen LogP contribution in [0.3, 0.4) is 0 Å². The van der Waals surface area contributed by atoms with E-state index < -0.39 is 0 Å². The molecule has 1 aliphatic heterocycles. The molecule has 0 amide bonds. The average Bonchev–Trinajstić information content (AvgIpc) is 2.67. The van der Waals surface area contributed by atoms with Gasteiger partial charge in [0.25, 0.3) is 0 Å². The maximum Gasteiger partial charge on any atom is 0.0722 e. The first-order chi connectivity index (χ1) is 8.45. The molecule has 0 saturated carbocycles. The summed E-state index contributed by atoms with van der Waals surface area (Å²) in [6.07, 6.45) is 7.31. The monoisotopic (exact) mass is 226 g/mol. The molecule has 1 aromatic carbocycles. The van der Waals surface area contributed by atoms with Crippen molar-refractivity contribution in [2.24, 2.45) is 0 Å². The van der Waals surface area contributed by atoms with Gasteiger partial charge in [0.05, 0.1) is 5.52 Å². The Morgan fingerprint density at radius 3 is 2.47 bits per heavy atom. The Kier molecular flexibility index (Phi) is 2.95. The zero-order chi connectivity index (χ0) is 11.5. The summed E-state index contributed by atoms with van der Waals surface area (Å²) in [4.78, 5) is 6.96. The highest BCUT2D eigenvalue weighted by atomic mass is 15.1. The van der Waals surface area contributed by atoms with E-state index in [9.17, 15) is 0 Å². The molecule has 2 heterocycles. The van der Waals surface area contributed by atoms with E-state index in [2.05, 4.69) is 40.2 Å². The van der Waals surface area contributed by atoms with Gasteiger partial charge < -0.3 is 4.90 Å². The largest absolute Gasteiger partial charge is 0.371 e. The van der Waals surface area contributed by atoms with Crippen molar-refractivity contribution in [2.45, 2.75) is 25.7 Å². The van der Waals surface area contributed by atoms with E-state index in [0.717, 1.165) is 5.52 Å². The Hall–Kier alpha value is -1.57. The molecular formula is C15H18N2. The van der Waals surface area contributed by atoms with Crippen LogP contribution < -0.4 is 4.90 Å². The first kappa shape index (κ1) is 10.6. The summed E-state index contributed by atoms with van der Waals surface area (Å²) in [5, 5.41) is 1.29. The molecule has 1 aliphatic rings. The molecule has 0 spiro atoms. The Morgan fingerprint density at radius 1 is 0.882 bits per heavy atom. The van der Waals surface area contributed by atoms with Crippen molar-refractivity contribution in [1.29, 1.82) is 0 Å². The fraction of sp³-hybridized carbons (Fsp3) is 0.400. The van der Waals surface area contributed by atoms with E-state index in [0.29, 0.717) is 0 Å². The predicted octanol–water partition coefficient (Wildman–Crippen LogP) is 3.62. The highest BCUT2D eigenvalue weighted by Gasteiger charge is 2.12. The van der Waals surface area contributed by atoms with Gasteiger partial charge in [-0.3, -0.25) is 4.98 Å². The SMILES string of the molecule is c1ccc2c(N3CCCCCC3)ccnc2c1. The summed E-state index contributed by atoms with van der Waals surface area (Å²) in [5.74, 6) is 0. The van der Waals surface area contributed by atoms with Crippen LogP contribution in [0.2, 0.25) is 0 Å². The molecule has 0 unspecified atom stereocenters. The summed E-state index contributed by atoms with van der Waals surface area (Å²) >= 11 is 0. The lowest BCUT2D eigenvalue weighted by Gasteiger charge is -2.23. The van der Waals surface area contributed by atoms with Crippen LogP contribution in [0.5, 0.6) is 0 Å². The minimum absolute atomic E-state index is 1.11. The van der Waals surface area contributed by atoms with E-state index in [1.54, 1.807) is 0 Å². The smallest absolute Gasteiger partial charge is 0.0722 e. The summed E-state index contributed by atoms with van der Waals surface area (Å²) < 4.78 is 0. The number of fused-ring (bicyclic) bond motifs is 1. The molecule has 2 aromatic rings. The van der Waals surface area contributed by atoms with Crippen molar-refractivity contribution in [3.63, 3.8) is 0 Å². The van der Waals surface area contributed by atoms with Gasteiger partial charge in [-0.05, 0) is 25.0 Å². The van der Waals surface area contributed by atoms with Crippen molar-refractivity contribution in [3.8, 4) is 0 Å². The topological polar surface area (TPSA) is 16.1 Å². The fourth-order valence-electron chi connectivity index (χ4n) is 2.67. The van der Waals surface area contributed by atoms with Crippen LogP contribution >= 0.6 is 0 Å². The van der Waals surface area contributed by atoms with Crippen LogP contribution in [-0.2, 0) is 0 Å². The Labute approximate surface area is 102 Å². The standard InChI is InChI=1S/C15H18N2/c1-2-6-12-17(11-5-1)15-9-10-16-14-8-4-3-7-13(14)15/h3-4,7-10H,1-2,5-6,11-12H2. The quantitative estimate of drug-likeness (QED) is 0.738. The van der Waals surface area contributed by atoms with Gasteiger partial charge in [-0.1, -0.05) is 31.0 Å². The molecule has 0 bridgehead atoms. The van der Waals surface area contributed by atoms with Crippen molar-refractivity contribution >= 4 is 16.6 Å². The molecule has 1 fully saturated rings. The molecule has 3 rings (SSSR count). The van der Waals surface area contributed by atoms with Gasteiger partial charge in [0.15, 0.2) is 0 Å². The molecule has 2 nitrogen and oxygen atoms in total. The third kappa shape index (κ3) is 2.12. The second kappa shape index (κ2) is 4.74. The number of benzene rings is 1. The summed E-state index contributed by atoms with van der Waals surface area (Å²) in [7, 11) is 0. The van der Waals surface area contributed by atoms with Gasteiger partial charge in [-0.2, -0.15) is 0 Å². The summed E-state index contributed by atoms with van der Waals surface area (Å²) in [6, 6.07) is 10.6. The van der Waals surface area contributed by atoms with Gasteiger partial charge in [-0.25, -0.2) is 0 Å². The first-order valence-corrected chi connectivity index (χ1v) is 6.54. The molecule has 88 valence electrons. The van der Waals surface area contributed by atoms with Crippen LogP contribution in [0.4, 0.5) is 5.69 Å². The second-order valence-electron chi connectivity index (χ2n) is 4.75. The number of rotatable bonds is 1. The normalized spacial score (nSPS) is 17.1. The van der Waals surface area contributed by atoms with E-state index in [4.69, 9.17) is 0 Å². The van der Waals surface area contributed by atoms with Crippen LogP contribution in [0.15, 0.2) is 36.5 Å². The van der Waals surface area contributed by atoms with Crippen molar-refractivity contribution in [3.05, 3.63) is 36.5 Å². The third-order valence-corrected chi connectivity index (χ3v) is 3.57. The van der Waals surface area contributed by atoms with Gasteiger partial charge in [0.1, 0.15) is 0 Å². The average molecular weight is 226 g/mol. The summed E-state index contributed by atoms with van der Waals surface area (Å²) in [6.45, 7) is 2.38. The van der Waals surface area contributed by atoms with Crippen LogP contribution in [0.1, 0.15) is 25.7 Å². The molecular weight excluding hydrogens is 208 g/mol. The minimum Gasteiger partial charge on any atom is -0.371 e. The zero-order valence-electron chi connectivity index (χ0n) is 10.1. The molecule has 17 heavy (non-hydrogen) atoms. The van der Waals surface area contributed by atoms with E-state index in [-0.39, 0.29) is 0 Å². The second-order valence-corrected chi connectivity index (χ2v) is 4.75. The lowest BCUT2D eigenvalue weighted by atomic mass is 10.1. The highest BCUT2D eigenvalue weighted by Crippen LogP contribution is 2.27. The molecule has 0 aliphatic carbocycles. The number of anilines is 1.